The Kier molecular flexibility index (Phi) is 7.85. The van der Waals surface area contributed by atoms with Gasteiger partial charge in [-0.1, -0.05) is 152 Å². The van der Waals surface area contributed by atoms with Crippen LogP contribution in [-0.2, 0) is 0 Å². The van der Waals surface area contributed by atoms with Gasteiger partial charge in [0, 0.05) is 33.9 Å². The second-order valence-electron chi connectivity index (χ2n) is 13.8. The number of nitrogens with zero attached hydrogens (tertiary/aromatic N) is 1. The van der Waals surface area contributed by atoms with Crippen molar-refractivity contribution in [2.75, 3.05) is 4.90 Å². The lowest BCUT2D eigenvalue weighted by Gasteiger charge is -2.26. The zero-order valence-electron chi connectivity index (χ0n) is 29.6. The van der Waals surface area contributed by atoms with E-state index in [-0.39, 0.29) is 0 Å². The third-order valence-corrected chi connectivity index (χ3v) is 10.5. The monoisotopic (exact) mass is 689 g/mol. The molecule has 254 valence electrons. The fourth-order valence-electron chi connectivity index (χ4n) is 7.75. The first-order valence-corrected chi connectivity index (χ1v) is 18.4. The standard InChI is InChI=1S/C52H35NO/c1-2-12-38(13-3-1)47-17-6-7-18-48(47)39-25-29-45(30-26-39)53(46-31-32-50-49-19-8-9-20-51(49)54-52(50)35-46)44-27-23-37(24-28-44)41-15-10-16-42(33-41)43-22-21-36-11-4-5-14-40(36)34-43/h1-35H. The van der Waals surface area contributed by atoms with Crippen LogP contribution in [0.25, 0.3) is 77.2 Å². The molecule has 0 aliphatic rings. The van der Waals surface area contributed by atoms with Gasteiger partial charge in [-0.05, 0) is 110 Å². The minimum Gasteiger partial charge on any atom is -0.456 e. The van der Waals surface area contributed by atoms with Gasteiger partial charge in [0.1, 0.15) is 11.2 Å². The third kappa shape index (κ3) is 5.81. The molecule has 0 saturated heterocycles. The molecule has 2 heteroatoms. The smallest absolute Gasteiger partial charge is 0.137 e. The Morgan fingerprint density at radius 2 is 0.796 bits per heavy atom. The van der Waals surface area contributed by atoms with E-state index >= 15 is 0 Å². The van der Waals surface area contributed by atoms with Crippen LogP contribution in [0.5, 0.6) is 0 Å². The number of hydrogen-bond acceptors (Lipinski definition) is 2. The van der Waals surface area contributed by atoms with E-state index in [1.807, 2.05) is 12.1 Å². The van der Waals surface area contributed by atoms with E-state index in [0.29, 0.717) is 0 Å². The van der Waals surface area contributed by atoms with E-state index in [4.69, 9.17) is 4.42 Å². The molecule has 0 unspecified atom stereocenters. The normalized spacial score (nSPS) is 11.3. The molecule has 2 nitrogen and oxygen atoms in total. The molecule has 0 bridgehead atoms. The number of rotatable bonds is 7. The zero-order valence-corrected chi connectivity index (χ0v) is 29.6. The summed E-state index contributed by atoms with van der Waals surface area (Å²) in [6.45, 7) is 0. The van der Waals surface area contributed by atoms with Crippen molar-refractivity contribution in [1.29, 1.82) is 0 Å². The molecule has 0 amide bonds. The molecule has 10 aromatic rings. The topological polar surface area (TPSA) is 16.4 Å². The molecule has 0 atom stereocenters. The largest absolute Gasteiger partial charge is 0.456 e. The van der Waals surface area contributed by atoms with Crippen molar-refractivity contribution in [3.63, 3.8) is 0 Å². The summed E-state index contributed by atoms with van der Waals surface area (Å²) < 4.78 is 6.37. The van der Waals surface area contributed by atoms with Crippen LogP contribution < -0.4 is 4.90 Å². The molecule has 0 aliphatic heterocycles. The Morgan fingerprint density at radius 1 is 0.278 bits per heavy atom. The van der Waals surface area contributed by atoms with Gasteiger partial charge in [-0.2, -0.15) is 0 Å². The summed E-state index contributed by atoms with van der Waals surface area (Å²) in [5.41, 5.74) is 14.5. The first-order valence-electron chi connectivity index (χ1n) is 18.4. The molecule has 0 radical (unpaired) electrons. The lowest BCUT2D eigenvalue weighted by atomic mass is 9.94. The summed E-state index contributed by atoms with van der Waals surface area (Å²) in [7, 11) is 0. The second kappa shape index (κ2) is 13.4. The summed E-state index contributed by atoms with van der Waals surface area (Å²) in [4.78, 5) is 2.31. The van der Waals surface area contributed by atoms with E-state index < -0.39 is 0 Å². The van der Waals surface area contributed by atoms with E-state index in [9.17, 15) is 0 Å². The molecule has 1 aromatic heterocycles. The molecular weight excluding hydrogens is 655 g/mol. The van der Waals surface area contributed by atoms with Gasteiger partial charge in [-0.3, -0.25) is 0 Å². The summed E-state index contributed by atoms with van der Waals surface area (Å²) >= 11 is 0. The van der Waals surface area contributed by atoms with Crippen molar-refractivity contribution in [3.05, 3.63) is 212 Å². The van der Waals surface area contributed by atoms with Crippen molar-refractivity contribution in [2.45, 2.75) is 0 Å². The van der Waals surface area contributed by atoms with Crippen LogP contribution in [0.1, 0.15) is 0 Å². The highest BCUT2D eigenvalue weighted by Crippen LogP contribution is 2.41. The van der Waals surface area contributed by atoms with Crippen molar-refractivity contribution in [1.82, 2.24) is 0 Å². The zero-order chi connectivity index (χ0) is 35.8. The Balaban J connectivity index is 1.04. The molecule has 0 fully saturated rings. The number of furan rings is 1. The predicted molar refractivity (Wildman–Crippen MR) is 228 cm³/mol. The van der Waals surface area contributed by atoms with Gasteiger partial charge in [0.25, 0.3) is 0 Å². The minimum atomic E-state index is 0.870. The van der Waals surface area contributed by atoms with Crippen molar-refractivity contribution in [3.8, 4) is 44.5 Å². The Labute approximate surface area is 314 Å². The van der Waals surface area contributed by atoms with Crippen LogP contribution in [0.15, 0.2) is 217 Å². The van der Waals surface area contributed by atoms with Crippen molar-refractivity contribution in [2.24, 2.45) is 0 Å². The van der Waals surface area contributed by atoms with E-state index in [1.54, 1.807) is 0 Å². The van der Waals surface area contributed by atoms with Gasteiger partial charge in [0.05, 0.1) is 0 Å². The maximum absolute atomic E-state index is 6.37. The lowest BCUT2D eigenvalue weighted by Crippen LogP contribution is -2.09. The Morgan fingerprint density at radius 3 is 1.56 bits per heavy atom. The average Bonchev–Trinajstić information content (AvgIpc) is 3.62. The fraction of sp³-hybridized carbons (Fsp3) is 0. The summed E-state index contributed by atoms with van der Waals surface area (Å²) in [5.74, 6) is 0. The highest BCUT2D eigenvalue weighted by atomic mass is 16.3. The van der Waals surface area contributed by atoms with Crippen molar-refractivity contribution < 1.29 is 4.42 Å². The molecule has 0 N–H and O–H groups in total. The lowest BCUT2D eigenvalue weighted by molar-refractivity contribution is 0.669. The molecule has 9 aromatic carbocycles. The first-order chi connectivity index (χ1) is 26.7. The van der Waals surface area contributed by atoms with E-state index in [0.717, 1.165) is 39.0 Å². The van der Waals surface area contributed by atoms with Crippen LogP contribution >= 0.6 is 0 Å². The molecule has 0 spiro atoms. The van der Waals surface area contributed by atoms with E-state index in [2.05, 4.69) is 205 Å². The van der Waals surface area contributed by atoms with Crippen LogP contribution in [0.4, 0.5) is 17.1 Å². The maximum Gasteiger partial charge on any atom is 0.137 e. The molecule has 10 rings (SSSR count). The van der Waals surface area contributed by atoms with Crippen LogP contribution in [0, 0.1) is 0 Å². The number of hydrogen-bond donors (Lipinski definition) is 0. The molecule has 0 saturated carbocycles. The van der Waals surface area contributed by atoms with Crippen LogP contribution in [-0.4, -0.2) is 0 Å². The molecule has 54 heavy (non-hydrogen) atoms. The highest BCUT2D eigenvalue weighted by molar-refractivity contribution is 6.06. The summed E-state index contributed by atoms with van der Waals surface area (Å²) in [5, 5.41) is 4.74. The second-order valence-corrected chi connectivity index (χ2v) is 13.8. The van der Waals surface area contributed by atoms with Crippen LogP contribution in [0.2, 0.25) is 0 Å². The maximum atomic E-state index is 6.37. The first kappa shape index (κ1) is 31.6. The average molecular weight is 690 g/mol. The Hall–Kier alpha value is -7.16. The predicted octanol–water partition coefficient (Wildman–Crippen LogP) is 14.9. The minimum absolute atomic E-state index is 0.870. The van der Waals surface area contributed by atoms with Gasteiger partial charge < -0.3 is 9.32 Å². The van der Waals surface area contributed by atoms with E-state index in [1.165, 1.54) is 55.3 Å². The summed E-state index contributed by atoms with van der Waals surface area (Å²) in [6, 6.07) is 75.9. The third-order valence-electron chi connectivity index (χ3n) is 10.5. The highest BCUT2D eigenvalue weighted by Gasteiger charge is 2.17. The van der Waals surface area contributed by atoms with Gasteiger partial charge in [0.2, 0.25) is 0 Å². The number of fused-ring (bicyclic) bond motifs is 4. The molecular formula is C52H35NO. The quantitative estimate of drug-likeness (QED) is 0.166. The van der Waals surface area contributed by atoms with Gasteiger partial charge >= 0.3 is 0 Å². The molecule has 1 heterocycles. The molecule has 0 aliphatic carbocycles. The van der Waals surface area contributed by atoms with Crippen LogP contribution in [0.3, 0.4) is 0 Å². The number of anilines is 3. The van der Waals surface area contributed by atoms with Crippen molar-refractivity contribution >= 4 is 49.8 Å². The van der Waals surface area contributed by atoms with Gasteiger partial charge in [-0.15, -0.1) is 0 Å². The SMILES string of the molecule is c1ccc(-c2ccccc2-c2ccc(N(c3ccc(-c4cccc(-c5ccc6ccccc6c5)c4)cc3)c3ccc4c(c3)oc3ccccc34)cc2)cc1. The van der Waals surface area contributed by atoms with Gasteiger partial charge in [-0.25, -0.2) is 0 Å². The van der Waals surface area contributed by atoms with Gasteiger partial charge in [0.15, 0.2) is 0 Å². The number of para-hydroxylation sites is 1. The number of benzene rings is 9. The Bertz CT molecular complexity index is 2920. The fourth-order valence-corrected chi connectivity index (χ4v) is 7.75. The summed E-state index contributed by atoms with van der Waals surface area (Å²) in [6.07, 6.45) is 0.